The second kappa shape index (κ2) is 8.03. The van der Waals surface area contributed by atoms with E-state index in [1.165, 1.54) is 11.3 Å². The van der Waals surface area contributed by atoms with Gasteiger partial charge in [0, 0.05) is 16.3 Å². The van der Waals surface area contributed by atoms with Gasteiger partial charge in [0.15, 0.2) is 6.10 Å². The van der Waals surface area contributed by atoms with Crippen LogP contribution in [0, 0.1) is 0 Å². The summed E-state index contributed by atoms with van der Waals surface area (Å²) in [6.45, 7) is 5.69. The van der Waals surface area contributed by atoms with Crippen molar-refractivity contribution in [2.45, 2.75) is 65.0 Å². The SMILES string of the molecule is CC[C@H](C)n1nccc1NC(=O)[C@H](C)OC(=O)c1csc2c1CCCC2. The molecule has 2 heterocycles. The van der Waals surface area contributed by atoms with Crippen LogP contribution in [0.3, 0.4) is 0 Å². The molecule has 2 atom stereocenters. The fraction of sp³-hybridized carbons (Fsp3) is 0.526. The summed E-state index contributed by atoms with van der Waals surface area (Å²) in [6, 6.07) is 1.92. The average Bonchev–Trinajstić information content (AvgIpc) is 3.27. The summed E-state index contributed by atoms with van der Waals surface area (Å²) in [7, 11) is 0. The Labute approximate surface area is 157 Å². The van der Waals surface area contributed by atoms with E-state index in [1.54, 1.807) is 35.2 Å². The average molecular weight is 375 g/mol. The van der Waals surface area contributed by atoms with Crippen LogP contribution < -0.4 is 5.32 Å². The van der Waals surface area contributed by atoms with Gasteiger partial charge >= 0.3 is 5.97 Å². The van der Waals surface area contributed by atoms with Gasteiger partial charge in [0.1, 0.15) is 5.82 Å². The van der Waals surface area contributed by atoms with Crippen LogP contribution in [-0.4, -0.2) is 27.8 Å². The molecule has 7 heteroatoms. The minimum absolute atomic E-state index is 0.176. The van der Waals surface area contributed by atoms with Crippen molar-refractivity contribution in [3.63, 3.8) is 0 Å². The molecule has 2 aromatic rings. The molecule has 1 aliphatic rings. The molecule has 1 aliphatic carbocycles. The van der Waals surface area contributed by atoms with Crippen LogP contribution in [0.25, 0.3) is 0 Å². The molecule has 0 fully saturated rings. The first-order valence-corrected chi connectivity index (χ1v) is 10.0. The van der Waals surface area contributed by atoms with Gasteiger partial charge in [-0.05, 0) is 51.5 Å². The van der Waals surface area contributed by atoms with Gasteiger partial charge in [0.05, 0.1) is 17.8 Å². The quantitative estimate of drug-likeness (QED) is 0.775. The van der Waals surface area contributed by atoms with Crippen LogP contribution in [-0.2, 0) is 22.4 Å². The molecule has 0 saturated carbocycles. The van der Waals surface area contributed by atoms with Crippen molar-refractivity contribution in [1.82, 2.24) is 9.78 Å². The van der Waals surface area contributed by atoms with Crippen molar-refractivity contribution < 1.29 is 14.3 Å². The predicted molar refractivity (Wildman–Crippen MR) is 102 cm³/mol. The monoisotopic (exact) mass is 375 g/mol. The van der Waals surface area contributed by atoms with Crippen LogP contribution in [0.1, 0.15) is 66.9 Å². The maximum Gasteiger partial charge on any atom is 0.340 e. The lowest BCUT2D eigenvalue weighted by Crippen LogP contribution is -2.31. The Hall–Kier alpha value is -2.15. The first-order chi connectivity index (χ1) is 12.5. The first kappa shape index (κ1) is 18.6. The van der Waals surface area contributed by atoms with Gasteiger partial charge < -0.3 is 10.1 Å². The highest BCUT2D eigenvalue weighted by Gasteiger charge is 2.25. The third-order valence-electron chi connectivity index (χ3n) is 4.86. The molecule has 140 valence electrons. The largest absolute Gasteiger partial charge is 0.449 e. The number of rotatable bonds is 6. The number of nitrogens with zero attached hydrogens (tertiary/aromatic N) is 2. The number of carbonyl (C=O) groups excluding carboxylic acids is 2. The molecule has 0 aromatic carbocycles. The number of anilines is 1. The molecule has 0 unspecified atom stereocenters. The number of aryl methyl sites for hydroxylation is 1. The number of nitrogens with one attached hydrogen (secondary N) is 1. The van der Waals surface area contributed by atoms with Gasteiger partial charge in [0.2, 0.25) is 0 Å². The summed E-state index contributed by atoms with van der Waals surface area (Å²) in [5.74, 6) is -0.157. The number of hydrogen-bond donors (Lipinski definition) is 1. The lowest BCUT2D eigenvalue weighted by Gasteiger charge is -2.17. The van der Waals surface area contributed by atoms with E-state index < -0.39 is 12.1 Å². The molecule has 26 heavy (non-hydrogen) atoms. The van der Waals surface area contributed by atoms with Gasteiger partial charge in [0.25, 0.3) is 5.91 Å². The van der Waals surface area contributed by atoms with Gasteiger partial charge in [-0.1, -0.05) is 6.92 Å². The molecule has 1 N–H and O–H groups in total. The second-order valence-corrected chi connectivity index (χ2v) is 7.68. The third kappa shape index (κ3) is 3.82. The highest BCUT2D eigenvalue weighted by molar-refractivity contribution is 7.10. The van der Waals surface area contributed by atoms with E-state index in [9.17, 15) is 9.59 Å². The van der Waals surface area contributed by atoms with E-state index in [2.05, 4.69) is 17.3 Å². The number of ether oxygens (including phenoxy) is 1. The molecule has 0 aliphatic heterocycles. The Morgan fingerprint density at radius 2 is 2.12 bits per heavy atom. The number of hydrogen-bond acceptors (Lipinski definition) is 5. The molecule has 3 rings (SSSR count). The molecule has 0 saturated heterocycles. The normalized spacial score (nSPS) is 15.8. The second-order valence-electron chi connectivity index (χ2n) is 6.71. The molecule has 0 bridgehead atoms. The van der Waals surface area contributed by atoms with Crippen LogP contribution in [0.2, 0.25) is 0 Å². The maximum atomic E-state index is 12.5. The smallest absolute Gasteiger partial charge is 0.340 e. The van der Waals surface area contributed by atoms with E-state index in [1.807, 2.05) is 12.3 Å². The Balaban J connectivity index is 1.64. The topological polar surface area (TPSA) is 73.2 Å². The summed E-state index contributed by atoms with van der Waals surface area (Å²) < 4.78 is 7.19. The lowest BCUT2D eigenvalue weighted by molar-refractivity contribution is -0.123. The Bertz CT molecular complexity index is 796. The van der Waals surface area contributed by atoms with Crippen LogP contribution >= 0.6 is 11.3 Å². The number of thiophene rings is 1. The minimum atomic E-state index is -0.873. The van der Waals surface area contributed by atoms with Crippen molar-refractivity contribution in [2.75, 3.05) is 5.32 Å². The zero-order chi connectivity index (χ0) is 18.7. The number of esters is 1. The summed E-state index contributed by atoms with van der Waals surface area (Å²) >= 11 is 1.61. The van der Waals surface area contributed by atoms with Gasteiger partial charge in [-0.25, -0.2) is 9.48 Å². The zero-order valence-electron chi connectivity index (χ0n) is 15.4. The molecule has 0 radical (unpaired) electrons. The Morgan fingerprint density at radius 1 is 1.35 bits per heavy atom. The molecule has 1 amide bonds. The minimum Gasteiger partial charge on any atom is -0.449 e. The van der Waals surface area contributed by atoms with Crippen molar-refractivity contribution in [2.24, 2.45) is 0 Å². The standard InChI is InChI=1S/C19H25N3O3S/c1-4-12(2)22-17(9-10-20-22)21-18(23)13(3)25-19(24)15-11-26-16-8-6-5-7-14(15)16/h9-13H,4-8H2,1-3H3,(H,21,23)/t12-,13-/m0/s1. The van der Waals surface area contributed by atoms with Crippen LogP contribution in [0.5, 0.6) is 0 Å². The third-order valence-corrected chi connectivity index (χ3v) is 5.95. The van der Waals surface area contributed by atoms with Gasteiger partial charge in [-0.15, -0.1) is 11.3 Å². The maximum absolute atomic E-state index is 12.5. The highest BCUT2D eigenvalue weighted by Crippen LogP contribution is 2.30. The van der Waals surface area contributed by atoms with E-state index in [0.29, 0.717) is 11.4 Å². The fourth-order valence-electron chi connectivity index (χ4n) is 3.11. The Morgan fingerprint density at radius 3 is 2.88 bits per heavy atom. The van der Waals surface area contributed by atoms with Gasteiger partial charge in [-0.3, -0.25) is 4.79 Å². The summed E-state index contributed by atoms with van der Waals surface area (Å²) in [5, 5.41) is 8.91. The fourth-order valence-corrected chi connectivity index (χ4v) is 4.22. The van der Waals surface area contributed by atoms with Crippen molar-refractivity contribution >= 4 is 29.0 Å². The van der Waals surface area contributed by atoms with E-state index in [4.69, 9.17) is 4.74 Å². The lowest BCUT2D eigenvalue weighted by atomic mass is 9.96. The molecule has 0 spiro atoms. The number of aromatic nitrogens is 2. The first-order valence-electron chi connectivity index (χ1n) is 9.15. The number of amides is 1. The van der Waals surface area contributed by atoms with Crippen molar-refractivity contribution in [1.29, 1.82) is 0 Å². The van der Waals surface area contributed by atoms with Crippen molar-refractivity contribution in [3.8, 4) is 0 Å². The van der Waals surface area contributed by atoms with Gasteiger partial charge in [-0.2, -0.15) is 5.10 Å². The van der Waals surface area contributed by atoms with Crippen molar-refractivity contribution in [3.05, 3.63) is 33.6 Å². The van der Waals surface area contributed by atoms with E-state index >= 15 is 0 Å². The summed E-state index contributed by atoms with van der Waals surface area (Å²) in [6.07, 6.45) is 5.89. The molecule has 6 nitrogen and oxygen atoms in total. The molecule has 2 aromatic heterocycles. The number of fused-ring (bicyclic) bond motifs is 1. The van der Waals surface area contributed by atoms with Crippen LogP contribution in [0.15, 0.2) is 17.6 Å². The predicted octanol–water partition coefficient (Wildman–Crippen LogP) is 3.98. The number of carbonyl (C=O) groups is 2. The van der Waals surface area contributed by atoms with Crippen LogP contribution in [0.4, 0.5) is 5.82 Å². The molecular weight excluding hydrogens is 350 g/mol. The molecular formula is C19H25N3O3S. The summed E-state index contributed by atoms with van der Waals surface area (Å²) in [4.78, 5) is 26.2. The Kier molecular flexibility index (Phi) is 5.76. The van der Waals surface area contributed by atoms with E-state index in [0.717, 1.165) is 31.2 Å². The van der Waals surface area contributed by atoms with E-state index in [-0.39, 0.29) is 11.9 Å². The highest BCUT2D eigenvalue weighted by atomic mass is 32.1. The zero-order valence-corrected chi connectivity index (χ0v) is 16.3. The summed E-state index contributed by atoms with van der Waals surface area (Å²) in [5.41, 5.74) is 1.72.